The van der Waals surface area contributed by atoms with Crippen molar-refractivity contribution in [3.63, 3.8) is 0 Å². The number of hydrogen-bond acceptors (Lipinski definition) is 3. The van der Waals surface area contributed by atoms with Crippen molar-refractivity contribution < 1.29 is 15.3 Å². The molecule has 3 nitrogen and oxygen atoms in total. The van der Waals surface area contributed by atoms with Gasteiger partial charge in [0.05, 0.1) is 13.2 Å². The third-order valence-corrected chi connectivity index (χ3v) is 1.83. The van der Waals surface area contributed by atoms with Gasteiger partial charge in [-0.05, 0) is 5.56 Å². The Kier molecular flexibility index (Phi) is 2.81. The van der Waals surface area contributed by atoms with Gasteiger partial charge in [0, 0.05) is 0 Å². The van der Waals surface area contributed by atoms with Crippen LogP contribution in [0, 0.1) is 0 Å². The summed E-state index contributed by atoms with van der Waals surface area (Å²) in [6, 6.07) is 8.61. The van der Waals surface area contributed by atoms with E-state index >= 15 is 0 Å². The van der Waals surface area contributed by atoms with Crippen molar-refractivity contribution in [3.05, 3.63) is 35.9 Å². The van der Waals surface area contributed by atoms with Gasteiger partial charge in [-0.3, -0.25) is 0 Å². The van der Waals surface area contributed by atoms with Gasteiger partial charge >= 0.3 is 0 Å². The molecular formula is C9H12O3. The number of benzene rings is 1. The Labute approximate surface area is 70.9 Å². The standard InChI is InChI=1S/C9H12O3/c10-6-9(12,7-11)8-4-2-1-3-5-8/h1-5,10-12H,6-7H2. The zero-order valence-corrected chi connectivity index (χ0v) is 6.64. The first-order chi connectivity index (χ1) is 5.73. The number of aliphatic hydroxyl groups excluding tert-OH is 2. The molecule has 1 aromatic rings. The maximum atomic E-state index is 9.60. The monoisotopic (exact) mass is 168 g/mol. The van der Waals surface area contributed by atoms with E-state index in [0.717, 1.165) is 0 Å². The largest absolute Gasteiger partial charge is 0.393 e. The Morgan fingerprint density at radius 3 is 1.92 bits per heavy atom. The van der Waals surface area contributed by atoms with Crippen molar-refractivity contribution in [3.8, 4) is 0 Å². The van der Waals surface area contributed by atoms with E-state index in [-0.39, 0.29) is 0 Å². The summed E-state index contributed by atoms with van der Waals surface area (Å²) in [5.41, 5.74) is -0.989. The molecule has 0 fully saturated rings. The zero-order chi connectivity index (χ0) is 9.03. The molecule has 66 valence electrons. The van der Waals surface area contributed by atoms with Crippen LogP contribution in [0.4, 0.5) is 0 Å². The predicted octanol–water partition coefficient (Wildman–Crippen LogP) is -0.141. The van der Waals surface area contributed by atoms with Crippen LogP contribution >= 0.6 is 0 Å². The summed E-state index contributed by atoms with van der Waals surface area (Å²) in [4.78, 5) is 0. The molecule has 0 aliphatic carbocycles. The third-order valence-electron chi connectivity index (χ3n) is 1.83. The fourth-order valence-electron chi connectivity index (χ4n) is 0.981. The van der Waals surface area contributed by atoms with Crippen LogP contribution in [0.3, 0.4) is 0 Å². The van der Waals surface area contributed by atoms with E-state index in [4.69, 9.17) is 10.2 Å². The van der Waals surface area contributed by atoms with Crippen LogP contribution in [0.15, 0.2) is 30.3 Å². The first-order valence-electron chi connectivity index (χ1n) is 3.72. The first kappa shape index (κ1) is 9.19. The average Bonchev–Trinajstić information content (AvgIpc) is 2.18. The maximum absolute atomic E-state index is 9.60. The Morgan fingerprint density at radius 1 is 1.00 bits per heavy atom. The predicted molar refractivity (Wildman–Crippen MR) is 44.5 cm³/mol. The van der Waals surface area contributed by atoms with E-state index in [1.807, 2.05) is 0 Å². The minimum atomic E-state index is -1.51. The van der Waals surface area contributed by atoms with E-state index in [9.17, 15) is 5.11 Å². The van der Waals surface area contributed by atoms with E-state index in [1.54, 1.807) is 30.3 Å². The van der Waals surface area contributed by atoms with E-state index in [1.165, 1.54) is 0 Å². The molecule has 0 heterocycles. The lowest BCUT2D eigenvalue weighted by atomic mass is 9.96. The highest BCUT2D eigenvalue weighted by molar-refractivity contribution is 5.22. The van der Waals surface area contributed by atoms with Crippen LogP contribution in [-0.4, -0.2) is 28.5 Å². The highest BCUT2D eigenvalue weighted by Crippen LogP contribution is 2.18. The Bertz CT molecular complexity index is 229. The summed E-state index contributed by atoms with van der Waals surface area (Å²) in [5, 5.41) is 27.3. The van der Waals surface area contributed by atoms with Crippen molar-refractivity contribution in [1.82, 2.24) is 0 Å². The lowest BCUT2D eigenvalue weighted by Crippen LogP contribution is -2.34. The molecule has 0 saturated carbocycles. The molecule has 0 spiro atoms. The second-order valence-electron chi connectivity index (χ2n) is 2.71. The smallest absolute Gasteiger partial charge is 0.135 e. The molecule has 3 heteroatoms. The van der Waals surface area contributed by atoms with Crippen molar-refractivity contribution >= 4 is 0 Å². The minimum Gasteiger partial charge on any atom is -0.393 e. The molecule has 1 aromatic carbocycles. The topological polar surface area (TPSA) is 60.7 Å². The van der Waals surface area contributed by atoms with Gasteiger partial charge in [-0.1, -0.05) is 30.3 Å². The van der Waals surface area contributed by atoms with Gasteiger partial charge < -0.3 is 15.3 Å². The summed E-state index contributed by atoms with van der Waals surface area (Å²) in [7, 11) is 0. The van der Waals surface area contributed by atoms with Crippen molar-refractivity contribution in [2.45, 2.75) is 5.60 Å². The van der Waals surface area contributed by atoms with Crippen LogP contribution in [0.1, 0.15) is 5.56 Å². The fraction of sp³-hybridized carbons (Fsp3) is 0.333. The molecule has 1 rings (SSSR count). The highest BCUT2D eigenvalue weighted by atomic mass is 16.4. The summed E-state index contributed by atoms with van der Waals surface area (Å²) in [6.07, 6.45) is 0. The van der Waals surface area contributed by atoms with Crippen LogP contribution in [0.2, 0.25) is 0 Å². The molecule has 12 heavy (non-hydrogen) atoms. The van der Waals surface area contributed by atoms with Crippen molar-refractivity contribution in [2.24, 2.45) is 0 Å². The molecule has 0 atom stereocenters. The van der Waals surface area contributed by atoms with E-state index < -0.39 is 18.8 Å². The average molecular weight is 168 g/mol. The number of aliphatic hydroxyl groups is 3. The molecule has 0 aliphatic heterocycles. The highest BCUT2D eigenvalue weighted by Gasteiger charge is 2.26. The fourth-order valence-corrected chi connectivity index (χ4v) is 0.981. The van der Waals surface area contributed by atoms with Crippen LogP contribution in [-0.2, 0) is 5.60 Å². The third kappa shape index (κ3) is 1.64. The van der Waals surface area contributed by atoms with Crippen molar-refractivity contribution in [2.75, 3.05) is 13.2 Å². The summed E-state index contributed by atoms with van der Waals surface area (Å²) in [5.74, 6) is 0. The second kappa shape index (κ2) is 3.67. The van der Waals surface area contributed by atoms with E-state index in [2.05, 4.69) is 0 Å². The zero-order valence-electron chi connectivity index (χ0n) is 6.64. The van der Waals surface area contributed by atoms with Crippen LogP contribution < -0.4 is 0 Å². The van der Waals surface area contributed by atoms with Gasteiger partial charge in [0.2, 0.25) is 0 Å². The molecule has 3 N–H and O–H groups in total. The van der Waals surface area contributed by atoms with Gasteiger partial charge in [0.15, 0.2) is 0 Å². The number of rotatable bonds is 3. The molecule has 0 amide bonds. The normalized spacial score (nSPS) is 11.6. The van der Waals surface area contributed by atoms with Crippen LogP contribution in [0.25, 0.3) is 0 Å². The quantitative estimate of drug-likeness (QED) is 0.588. The lowest BCUT2D eigenvalue weighted by Gasteiger charge is -2.23. The maximum Gasteiger partial charge on any atom is 0.135 e. The molecule has 0 radical (unpaired) electrons. The van der Waals surface area contributed by atoms with Crippen molar-refractivity contribution in [1.29, 1.82) is 0 Å². The molecular weight excluding hydrogens is 156 g/mol. The number of hydrogen-bond donors (Lipinski definition) is 3. The van der Waals surface area contributed by atoms with Gasteiger partial charge in [-0.15, -0.1) is 0 Å². The SMILES string of the molecule is OCC(O)(CO)c1ccccc1. The summed E-state index contributed by atoms with van der Waals surface area (Å²) in [6.45, 7) is -0.957. The lowest BCUT2D eigenvalue weighted by molar-refractivity contribution is -0.0598. The molecule has 0 bridgehead atoms. The second-order valence-corrected chi connectivity index (χ2v) is 2.71. The van der Waals surface area contributed by atoms with E-state index in [0.29, 0.717) is 5.56 Å². The minimum absolute atomic E-state index is 0.479. The van der Waals surface area contributed by atoms with Crippen LogP contribution in [0.5, 0.6) is 0 Å². The summed E-state index contributed by atoms with van der Waals surface area (Å²) >= 11 is 0. The Hall–Kier alpha value is -0.900. The Balaban J connectivity index is 2.95. The molecule has 0 unspecified atom stereocenters. The first-order valence-corrected chi connectivity index (χ1v) is 3.72. The molecule has 0 aromatic heterocycles. The van der Waals surface area contributed by atoms with Gasteiger partial charge in [0.25, 0.3) is 0 Å². The van der Waals surface area contributed by atoms with Gasteiger partial charge in [-0.25, -0.2) is 0 Å². The summed E-state index contributed by atoms with van der Waals surface area (Å²) < 4.78 is 0. The van der Waals surface area contributed by atoms with Gasteiger partial charge in [-0.2, -0.15) is 0 Å². The molecule has 0 aliphatic rings. The van der Waals surface area contributed by atoms with Gasteiger partial charge in [0.1, 0.15) is 5.60 Å². The Morgan fingerprint density at radius 2 is 1.50 bits per heavy atom. The molecule has 0 saturated heterocycles.